The number of rotatable bonds is 6. The molecule has 0 bridgehead atoms. The minimum absolute atomic E-state index is 0.0880. The van der Waals surface area contributed by atoms with Crippen molar-refractivity contribution >= 4 is 0 Å². The molecule has 1 rings (SSSR count). The molecule has 3 heteroatoms. The average Bonchev–Trinajstić information content (AvgIpc) is 2.34. The van der Waals surface area contributed by atoms with Gasteiger partial charge in [-0.15, -0.1) is 0 Å². The number of hydrogen-bond donors (Lipinski definition) is 0. The molecule has 92 valence electrons. The molecule has 0 amide bonds. The molecule has 0 aromatic heterocycles. The number of nitriles is 1. The zero-order valence-electron chi connectivity index (χ0n) is 10.7. The van der Waals surface area contributed by atoms with Crippen LogP contribution in [0.1, 0.15) is 30.5 Å². The zero-order valence-corrected chi connectivity index (χ0v) is 10.7. The maximum atomic E-state index is 8.77. The van der Waals surface area contributed by atoms with Gasteiger partial charge in [0.2, 0.25) is 0 Å². The molecule has 0 N–H and O–H groups in total. The highest BCUT2D eigenvalue weighted by Gasteiger charge is 2.05. The maximum Gasteiger partial charge on any atom is 0.0991 e. The first-order valence-corrected chi connectivity index (χ1v) is 5.86. The smallest absolute Gasteiger partial charge is 0.0991 e. The first kappa shape index (κ1) is 13.7. The summed E-state index contributed by atoms with van der Waals surface area (Å²) in [6.07, 6.45) is 0.0880. The van der Waals surface area contributed by atoms with Gasteiger partial charge in [0.25, 0.3) is 0 Å². The molecule has 0 spiro atoms. The van der Waals surface area contributed by atoms with E-state index in [9.17, 15) is 0 Å². The first-order valence-electron chi connectivity index (χ1n) is 5.86. The van der Waals surface area contributed by atoms with Crippen molar-refractivity contribution in [2.75, 3.05) is 13.2 Å². The highest BCUT2D eigenvalue weighted by atomic mass is 16.5. The topological polar surface area (TPSA) is 42.2 Å². The van der Waals surface area contributed by atoms with Crippen LogP contribution in [-0.4, -0.2) is 19.3 Å². The fourth-order valence-corrected chi connectivity index (χ4v) is 1.49. The summed E-state index contributed by atoms with van der Waals surface area (Å²) in [4.78, 5) is 0. The van der Waals surface area contributed by atoms with Gasteiger partial charge in [0.15, 0.2) is 0 Å². The van der Waals surface area contributed by atoms with Crippen molar-refractivity contribution in [1.82, 2.24) is 0 Å². The van der Waals surface area contributed by atoms with E-state index in [1.165, 1.54) is 0 Å². The largest absolute Gasteiger partial charge is 0.379 e. The number of ether oxygens (including phenoxy) is 2. The van der Waals surface area contributed by atoms with E-state index in [0.717, 1.165) is 11.1 Å². The van der Waals surface area contributed by atoms with Gasteiger partial charge < -0.3 is 9.47 Å². The molecule has 0 heterocycles. The summed E-state index contributed by atoms with van der Waals surface area (Å²) < 4.78 is 11.0. The summed E-state index contributed by atoms with van der Waals surface area (Å²) >= 11 is 0. The van der Waals surface area contributed by atoms with Crippen LogP contribution in [0.3, 0.4) is 0 Å². The normalized spacial score (nSPS) is 12.1. The Labute approximate surface area is 103 Å². The summed E-state index contributed by atoms with van der Waals surface area (Å²) in [6, 6.07) is 7.77. The zero-order chi connectivity index (χ0) is 12.7. The van der Waals surface area contributed by atoms with Crippen LogP contribution in [0.2, 0.25) is 0 Å². The van der Waals surface area contributed by atoms with Crippen LogP contribution in [0, 0.1) is 18.3 Å². The van der Waals surface area contributed by atoms with Crippen molar-refractivity contribution in [3.63, 3.8) is 0 Å². The second-order valence-electron chi connectivity index (χ2n) is 4.03. The summed E-state index contributed by atoms with van der Waals surface area (Å²) in [5.41, 5.74) is 2.90. The second-order valence-corrected chi connectivity index (χ2v) is 4.03. The molecule has 0 saturated heterocycles. The third kappa shape index (κ3) is 4.56. The van der Waals surface area contributed by atoms with E-state index in [1.807, 2.05) is 39.0 Å². The lowest BCUT2D eigenvalue weighted by Crippen LogP contribution is -2.16. The Kier molecular flexibility index (Phi) is 5.68. The van der Waals surface area contributed by atoms with Gasteiger partial charge in [-0.1, -0.05) is 6.07 Å². The molecule has 17 heavy (non-hydrogen) atoms. The summed E-state index contributed by atoms with van der Waals surface area (Å²) in [5.74, 6) is 0. The van der Waals surface area contributed by atoms with Crippen molar-refractivity contribution in [2.24, 2.45) is 0 Å². The van der Waals surface area contributed by atoms with E-state index >= 15 is 0 Å². The fraction of sp³-hybridized carbons (Fsp3) is 0.500. The predicted molar refractivity (Wildman–Crippen MR) is 66.6 cm³/mol. The van der Waals surface area contributed by atoms with Crippen molar-refractivity contribution in [3.8, 4) is 6.07 Å². The van der Waals surface area contributed by atoms with Gasteiger partial charge in [0.05, 0.1) is 31.0 Å². The van der Waals surface area contributed by atoms with Crippen LogP contribution in [0.15, 0.2) is 18.2 Å². The van der Waals surface area contributed by atoms with E-state index in [1.54, 1.807) is 0 Å². The van der Waals surface area contributed by atoms with Crippen LogP contribution in [-0.2, 0) is 16.1 Å². The van der Waals surface area contributed by atoms with Crippen molar-refractivity contribution < 1.29 is 9.47 Å². The molecular weight excluding hydrogens is 214 g/mol. The Morgan fingerprint density at radius 3 is 2.76 bits per heavy atom. The Morgan fingerprint density at radius 1 is 1.41 bits per heavy atom. The summed E-state index contributed by atoms with van der Waals surface area (Å²) in [6.45, 7) is 7.85. The molecule has 0 aliphatic rings. The molecule has 0 aliphatic carbocycles. The van der Waals surface area contributed by atoms with Gasteiger partial charge in [-0.3, -0.25) is 0 Å². The Bertz CT molecular complexity index is 396. The highest BCUT2D eigenvalue weighted by Crippen LogP contribution is 2.12. The van der Waals surface area contributed by atoms with Gasteiger partial charge in [0.1, 0.15) is 0 Å². The molecule has 0 fully saturated rings. The van der Waals surface area contributed by atoms with Gasteiger partial charge in [-0.25, -0.2) is 0 Å². The average molecular weight is 233 g/mol. The standard InChI is InChI=1S/C14H19NO2/c1-4-16-9-12(3)17-10-14-6-5-13(8-15)7-11(14)2/h5-7,12H,4,9-10H2,1-3H3. The van der Waals surface area contributed by atoms with Gasteiger partial charge in [-0.05, 0) is 44.0 Å². The lowest BCUT2D eigenvalue weighted by molar-refractivity contribution is -0.0118. The SMILES string of the molecule is CCOCC(C)OCc1ccc(C#N)cc1C. The maximum absolute atomic E-state index is 8.77. The second kappa shape index (κ2) is 7.05. The van der Waals surface area contributed by atoms with Crippen LogP contribution in [0.5, 0.6) is 0 Å². The van der Waals surface area contributed by atoms with Gasteiger partial charge >= 0.3 is 0 Å². The fourth-order valence-electron chi connectivity index (χ4n) is 1.49. The molecule has 3 nitrogen and oxygen atoms in total. The summed E-state index contributed by atoms with van der Waals surface area (Å²) in [5, 5.41) is 8.77. The third-order valence-electron chi connectivity index (χ3n) is 2.55. The Hall–Kier alpha value is -1.37. The Morgan fingerprint density at radius 2 is 2.18 bits per heavy atom. The first-order chi connectivity index (χ1) is 8.17. The van der Waals surface area contributed by atoms with Crippen LogP contribution >= 0.6 is 0 Å². The number of hydrogen-bond acceptors (Lipinski definition) is 3. The lowest BCUT2D eigenvalue weighted by Gasteiger charge is -2.14. The lowest BCUT2D eigenvalue weighted by atomic mass is 10.1. The molecular formula is C14H19NO2. The van der Waals surface area contributed by atoms with Crippen LogP contribution in [0.25, 0.3) is 0 Å². The number of nitrogens with zero attached hydrogens (tertiary/aromatic N) is 1. The minimum Gasteiger partial charge on any atom is -0.379 e. The third-order valence-corrected chi connectivity index (χ3v) is 2.55. The van der Waals surface area contributed by atoms with E-state index in [-0.39, 0.29) is 6.10 Å². The van der Waals surface area contributed by atoms with E-state index in [0.29, 0.717) is 25.4 Å². The van der Waals surface area contributed by atoms with Crippen molar-refractivity contribution in [1.29, 1.82) is 5.26 Å². The van der Waals surface area contributed by atoms with Crippen LogP contribution < -0.4 is 0 Å². The quantitative estimate of drug-likeness (QED) is 0.758. The molecule has 1 aromatic carbocycles. The van der Waals surface area contributed by atoms with Gasteiger partial charge in [-0.2, -0.15) is 5.26 Å². The number of benzene rings is 1. The summed E-state index contributed by atoms with van der Waals surface area (Å²) in [7, 11) is 0. The Balaban J connectivity index is 2.49. The highest BCUT2D eigenvalue weighted by molar-refractivity contribution is 5.37. The van der Waals surface area contributed by atoms with Crippen molar-refractivity contribution in [2.45, 2.75) is 33.5 Å². The number of aryl methyl sites for hydroxylation is 1. The molecule has 0 aliphatic heterocycles. The molecule has 0 saturated carbocycles. The van der Waals surface area contributed by atoms with E-state index in [4.69, 9.17) is 14.7 Å². The molecule has 1 aromatic rings. The molecule has 1 atom stereocenters. The predicted octanol–water partition coefficient (Wildman–Crippen LogP) is 2.81. The van der Waals surface area contributed by atoms with E-state index < -0.39 is 0 Å². The van der Waals surface area contributed by atoms with Crippen molar-refractivity contribution in [3.05, 3.63) is 34.9 Å². The molecule has 1 unspecified atom stereocenters. The minimum atomic E-state index is 0.0880. The monoisotopic (exact) mass is 233 g/mol. The van der Waals surface area contributed by atoms with E-state index in [2.05, 4.69) is 6.07 Å². The molecule has 0 radical (unpaired) electrons. The van der Waals surface area contributed by atoms with Gasteiger partial charge in [0, 0.05) is 6.61 Å². The van der Waals surface area contributed by atoms with Crippen LogP contribution in [0.4, 0.5) is 0 Å².